The van der Waals surface area contributed by atoms with Crippen LogP contribution < -0.4 is 0 Å². The summed E-state index contributed by atoms with van der Waals surface area (Å²) in [4.78, 5) is 13.8. The molecule has 0 radical (unpaired) electrons. The number of benzene rings is 1. The van der Waals surface area contributed by atoms with E-state index in [2.05, 4.69) is 0 Å². The minimum absolute atomic E-state index is 0.116. The monoisotopic (exact) mass is 237 g/mol. The molecule has 4 heteroatoms. The fourth-order valence-corrected chi connectivity index (χ4v) is 1.92. The van der Waals surface area contributed by atoms with Crippen LogP contribution >= 0.6 is 0 Å². The first-order chi connectivity index (χ1) is 8.22. The van der Waals surface area contributed by atoms with Gasteiger partial charge in [-0.3, -0.25) is 4.79 Å². The Morgan fingerprint density at radius 3 is 2.71 bits per heavy atom. The second kappa shape index (κ2) is 5.27. The van der Waals surface area contributed by atoms with Crippen molar-refractivity contribution in [2.45, 2.75) is 13.3 Å². The van der Waals surface area contributed by atoms with E-state index in [1.54, 1.807) is 17.0 Å². The molecule has 1 amide bonds. The maximum atomic E-state index is 13.6. The molecule has 1 aromatic carbocycles. The molecule has 2 rings (SSSR count). The number of halogens is 1. The smallest absolute Gasteiger partial charge is 0.254 e. The van der Waals surface area contributed by atoms with Gasteiger partial charge in [0.05, 0.1) is 13.2 Å². The summed E-state index contributed by atoms with van der Waals surface area (Å²) in [6.45, 7) is 4.16. The fraction of sp³-hybridized carbons (Fsp3) is 0.462. The van der Waals surface area contributed by atoms with Gasteiger partial charge in [-0.05, 0) is 24.1 Å². The van der Waals surface area contributed by atoms with Gasteiger partial charge >= 0.3 is 0 Å². The minimum atomic E-state index is -0.299. The van der Waals surface area contributed by atoms with Crippen LogP contribution in [0.15, 0.2) is 18.2 Å². The van der Waals surface area contributed by atoms with E-state index in [0.717, 1.165) is 0 Å². The Kier molecular flexibility index (Phi) is 3.74. The Morgan fingerprint density at radius 1 is 1.41 bits per heavy atom. The molecule has 0 aliphatic carbocycles. The third kappa shape index (κ3) is 2.64. The Balaban J connectivity index is 2.16. The number of rotatable bonds is 2. The molecule has 1 heterocycles. The fourth-order valence-electron chi connectivity index (χ4n) is 1.92. The van der Waals surface area contributed by atoms with Gasteiger partial charge in [0.15, 0.2) is 0 Å². The number of hydrogen-bond acceptors (Lipinski definition) is 2. The number of amides is 1. The van der Waals surface area contributed by atoms with Crippen LogP contribution in [0.3, 0.4) is 0 Å². The Bertz CT molecular complexity index is 414. The molecule has 0 atom stereocenters. The standard InChI is InChI=1S/C13H16FNO2/c1-2-10-3-4-11(9-12(10)14)13(16)15-5-7-17-8-6-15/h3-4,9H,2,5-8H2,1H3. The van der Waals surface area contributed by atoms with Crippen molar-refractivity contribution < 1.29 is 13.9 Å². The summed E-state index contributed by atoms with van der Waals surface area (Å²) in [5.74, 6) is -0.415. The normalized spacial score (nSPS) is 16.0. The molecule has 1 fully saturated rings. The summed E-state index contributed by atoms with van der Waals surface area (Å²) in [6.07, 6.45) is 0.637. The highest BCUT2D eigenvalue weighted by Gasteiger charge is 2.19. The molecule has 92 valence electrons. The lowest BCUT2D eigenvalue weighted by atomic mass is 10.1. The number of carbonyl (C=O) groups is 1. The van der Waals surface area contributed by atoms with Crippen LogP contribution in [0.2, 0.25) is 0 Å². The number of ether oxygens (including phenoxy) is 1. The first-order valence-corrected chi connectivity index (χ1v) is 5.88. The molecule has 0 saturated carbocycles. The summed E-state index contributed by atoms with van der Waals surface area (Å²) in [5.41, 5.74) is 1.06. The maximum absolute atomic E-state index is 13.6. The summed E-state index contributed by atoms with van der Waals surface area (Å²) in [5, 5.41) is 0. The van der Waals surface area contributed by atoms with Gasteiger partial charge in [0, 0.05) is 18.7 Å². The highest BCUT2D eigenvalue weighted by molar-refractivity contribution is 5.94. The van der Waals surface area contributed by atoms with Crippen molar-refractivity contribution in [1.82, 2.24) is 4.90 Å². The van der Waals surface area contributed by atoms with Crippen LogP contribution in [-0.2, 0) is 11.2 Å². The van der Waals surface area contributed by atoms with Gasteiger partial charge < -0.3 is 9.64 Å². The molecule has 3 nitrogen and oxygen atoms in total. The largest absolute Gasteiger partial charge is 0.378 e. The van der Waals surface area contributed by atoms with Crippen LogP contribution in [0.5, 0.6) is 0 Å². The van der Waals surface area contributed by atoms with E-state index in [1.807, 2.05) is 6.92 Å². The topological polar surface area (TPSA) is 29.5 Å². The van der Waals surface area contributed by atoms with Crippen molar-refractivity contribution in [2.75, 3.05) is 26.3 Å². The van der Waals surface area contributed by atoms with E-state index in [-0.39, 0.29) is 11.7 Å². The van der Waals surface area contributed by atoms with Gasteiger partial charge in [-0.1, -0.05) is 13.0 Å². The summed E-state index contributed by atoms with van der Waals surface area (Å²) < 4.78 is 18.8. The van der Waals surface area contributed by atoms with Gasteiger partial charge in [0.1, 0.15) is 5.82 Å². The average molecular weight is 237 g/mol. The van der Waals surface area contributed by atoms with E-state index in [4.69, 9.17) is 4.74 Å². The van der Waals surface area contributed by atoms with Crippen LogP contribution in [0.1, 0.15) is 22.8 Å². The van der Waals surface area contributed by atoms with Gasteiger partial charge in [-0.15, -0.1) is 0 Å². The maximum Gasteiger partial charge on any atom is 0.254 e. The van der Waals surface area contributed by atoms with E-state index in [0.29, 0.717) is 43.9 Å². The van der Waals surface area contributed by atoms with E-state index >= 15 is 0 Å². The van der Waals surface area contributed by atoms with Crippen LogP contribution in [0.4, 0.5) is 4.39 Å². The van der Waals surface area contributed by atoms with Crippen molar-refractivity contribution in [3.8, 4) is 0 Å². The molecule has 1 aliphatic heterocycles. The van der Waals surface area contributed by atoms with Crippen molar-refractivity contribution in [2.24, 2.45) is 0 Å². The SMILES string of the molecule is CCc1ccc(C(=O)N2CCOCC2)cc1F. The number of aryl methyl sites for hydroxylation is 1. The van der Waals surface area contributed by atoms with Crippen LogP contribution in [0.25, 0.3) is 0 Å². The zero-order valence-corrected chi connectivity index (χ0v) is 9.91. The molecule has 1 aliphatic rings. The summed E-state index contributed by atoms with van der Waals surface area (Å²) in [7, 11) is 0. The second-order valence-corrected chi connectivity index (χ2v) is 4.06. The highest BCUT2D eigenvalue weighted by atomic mass is 19.1. The first-order valence-electron chi connectivity index (χ1n) is 5.88. The van der Waals surface area contributed by atoms with E-state index < -0.39 is 0 Å². The third-order valence-corrected chi connectivity index (χ3v) is 2.98. The lowest BCUT2D eigenvalue weighted by Crippen LogP contribution is -2.40. The minimum Gasteiger partial charge on any atom is -0.378 e. The van der Waals surface area contributed by atoms with E-state index in [9.17, 15) is 9.18 Å². The van der Waals surface area contributed by atoms with E-state index in [1.165, 1.54) is 6.07 Å². The Hall–Kier alpha value is -1.42. The zero-order chi connectivity index (χ0) is 12.3. The summed E-state index contributed by atoms with van der Waals surface area (Å²) in [6, 6.07) is 4.71. The molecule has 0 spiro atoms. The Labute approximate surface area is 100 Å². The zero-order valence-electron chi connectivity index (χ0n) is 9.91. The van der Waals surface area contributed by atoms with Crippen LogP contribution in [0, 0.1) is 5.82 Å². The predicted molar refractivity (Wildman–Crippen MR) is 62.5 cm³/mol. The first kappa shape index (κ1) is 12.0. The van der Waals surface area contributed by atoms with Crippen molar-refractivity contribution in [3.63, 3.8) is 0 Å². The quantitative estimate of drug-likeness (QED) is 0.785. The lowest BCUT2D eigenvalue weighted by molar-refractivity contribution is 0.0302. The highest BCUT2D eigenvalue weighted by Crippen LogP contribution is 2.13. The number of hydrogen-bond donors (Lipinski definition) is 0. The molecule has 0 bridgehead atoms. The van der Waals surface area contributed by atoms with Crippen molar-refractivity contribution >= 4 is 5.91 Å². The third-order valence-electron chi connectivity index (χ3n) is 2.98. The molecular formula is C13H16FNO2. The number of morpholine rings is 1. The number of carbonyl (C=O) groups excluding carboxylic acids is 1. The molecule has 1 aromatic rings. The Morgan fingerprint density at radius 2 is 2.12 bits per heavy atom. The summed E-state index contributed by atoms with van der Waals surface area (Å²) >= 11 is 0. The lowest BCUT2D eigenvalue weighted by Gasteiger charge is -2.26. The van der Waals surface area contributed by atoms with Gasteiger partial charge in [0.2, 0.25) is 0 Å². The van der Waals surface area contributed by atoms with Gasteiger partial charge in [-0.25, -0.2) is 4.39 Å². The van der Waals surface area contributed by atoms with Crippen molar-refractivity contribution in [1.29, 1.82) is 0 Å². The molecule has 1 saturated heterocycles. The molecule has 17 heavy (non-hydrogen) atoms. The second-order valence-electron chi connectivity index (χ2n) is 4.06. The molecule has 0 N–H and O–H groups in total. The molecular weight excluding hydrogens is 221 g/mol. The molecule has 0 unspecified atom stereocenters. The predicted octanol–water partition coefficient (Wildman–Crippen LogP) is 1.86. The average Bonchev–Trinajstić information content (AvgIpc) is 2.39. The van der Waals surface area contributed by atoms with Crippen LogP contribution in [-0.4, -0.2) is 37.1 Å². The number of nitrogens with zero attached hydrogens (tertiary/aromatic N) is 1. The molecule has 0 aromatic heterocycles. The van der Waals surface area contributed by atoms with Gasteiger partial charge in [-0.2, -0.15) is 0 Å². The van der Waals surface area contributed by atoms with Crippen molar-refractivity contribution in [3.05, 3.63) is 35.1 Å². The van der Waals surface area contributed by atoms with Gasteiger partial charge in [0.25, 0.3) is 5.91 Å².